The minimum Gasteiger partial charge on any atom is -0.361 e. The van der Waals surface area contributed by atoms with Crippen LogP contribution in [-0.4, -0.2) is 11.5 Å². The Labute approximate surface area is 109 Å². The standard InChI is InChI=1S/C13H14F2N2S/c1-8(2)6-16-13-17-7-12(18-13)10-5-9(14)3-4-11(10)15/h3-5,7-8H,6H2,1-2H3,(H,16,17). The van der Waals surface area contributed by atoms with Gasteiger partial charge in [0.05, 0.1) is 4.88 Å². The van der Waals surface area contributed by atoms with Crippen LogP contribution in [0.25, 0.3) is 10.4 Å². The highest BCUT2D eigenvalue weighted by Gasteiger charge is 2.10. The van der Waals surface area contributed by atoms with E-state index < -0.39 is 11.6 Å². The summed E-state index contributed by atoms with van der Waals surface area (Å²) in [4.78, 5) is 4.78. The maximum Gasteiger partial charge on any atom is 0.183 e. The average molecular weight is 268 g/mol. The summed E-state index contributed by atoms with van der Waals surface area (Å²) >= 11 is 1.32. The van der Waals surface area contributed by atoms with E-state index >= 15 is 0 Å². The topological polar surface area (TPSA) is 24.9 Å². The molecule has 1 N–H and O–H groups in total. The molecule has 0 aliphatic carbocycles. The summed E-state index contributed by atoms with van der Waals surface area (Å²) in [5.74, 6) is -0.379. The quantitative estimate of drug-likeness (QED) is 0.900. The molecule has 2 aromatic rings. The molecule has 0 unspecified atom stereocenters. The summed E-state index contributed by atoms with van der Waals surface area (Å²) in [6.07, 6.45) is 1.56. The lowest BCUT2D eigenvalue weighted by molar-refractivity contribution is 0.603. The Balaban J connectivity index is 2.21. The molecule has 0 aliphatic heterocycles. The zero-order valence-electron chi connectivity index (χ0n) is 10.2. The van der Waals surface area contributed by atoms with Gasteiger partial charge in [0, 0.05) is 18.3 Å². The van der Waals surface area contributed by atoms with Gasteiger partial charge in [0.1, 0.15) is 11.6 Å². The number of hydrogen-bond donors (Lipinski definition) is 1. The molecule has 0 radical (unpaired) electrons. The van der Waals surface area contributed by atoms with Crippen LogP contribution in [0, 0.1) is 17.6 Å². The van der Waals surface area contributed by atoms with E-state index in [4.69, 9.17) is 0 Å². The van der Waals surface area contributed by atoms with Crippen molar-refractivity contribution in [2.24, 2.45) is 5.92 Å². The first kappa shape index (κ1) is 13.0. The highest BCUT2D eigenvalue weighted by Crippen LogP contribution is 2.31. The van der Waals surface area contributed by atoms with Gasteiger partial charge >= 0.3 is 0 Å². The second-order valence-electron chi connectivity index (χ2n) is 4.43. The minimum atomic E-state index is -0.448. The Bertz CT molecular complexity index is 538. The molecule has 0 bridgehead atoms. The molecule has 1 aromatic heterocycles. The molecular weight excluding hydrogens is 254 g/mol. The number of hydrogen-bond acceptors (Lipinski definition) is 3. The molecule has 0 saturated carbocycles. The molecule has 5 heteroatoms. The van der Waals surface area contributed by atoms with E-state index in [1.807, 2.05) is 0 Å². The number of nitrogens with one attached hydrogen (secondary N) is 1. The van der Waals surface area contributed by atoms with Crippen molar-refractivity contribution in [1.82, 2.24) is 4.98 Å². The fourth-order valence-corrected chi connectivity index (χ4v) is 2.30. The van der Waals surface area contributed by atoms with Gasteiger partial charge in [0.25, 0.3) is 0 Å². The molecule has 0 atom stereocenters. The second-order valence-corrected chi connectivity index (χ2v) is 5.46. The molecule has 1 aromatic carbocycles. The van der Waals surface area contributed by atoms with Gasteiger partial charge in [-0.2, -0.15) is 0 Å². The summed E-state index contributed by atoms with van der Waals surface area (Å²) in [5, 5.41) is 3.88. The van der Waals surface area contributed by atoms with Gasteiger partial charge in [-0.15, -0.1) is 0 Å². The van der Waals surface area contributed by atoms with Crippen LogP contribution < -0.4 is 5.32 Å². The van der Waals surface area contributed by atoms with E-state index in [1.165, 1.54) is 17.4 Å². The maximum absolute atomic E-state index is 13.6. The van der Waals surface area contributed by atoms with Gasteiger partial charge < -0.3 is 5.32 Å². The third-order valence-electron chi connectivity index (χ3n) is 2.36. The fraction of sp³-hybridized carbons (Fsp3) is 0.308. The Morgan fingerprint density at radius 1 is 1.33 bits per heavy atom. The second kappa shape index (κ2) is 5.44. The van der Waals surface area contributed by atoms with Crippen LogP contribution in [0.1, 0.15) is 13.8 Å². The van der Waals surface area contributed by atoms with Gasteiger partial charge in [-0.1, -0.05) is 25.2 Å². The molecule has 0 spiro atoms. The Morgan fingerprint density at radius 2 is 2.11 bits per heavy atom. The molecule has 1 heterocycles. The monoisotopic (exact) mass is 268 g/mol. The van der Waals surface area contributed by atoms with Gasteiger partial charge in [-0.3, -0.25) is 0 Å². The van der Waals surface area contributed by atoms with Gasteiger partial charge in [-0.25, -0.2) is 13.8 Å². The van der Waals surface area contributed by atoms with E-state index in [-0.39, 0.29) is 5.56 Å². The van der Waals surface area contributed by atoms with Crippen molar-refractivity contribution in [2.45, 2.75) is 13.8 Å². The van der Waals surface area contributed by atoms with Gasteiger partial charge in [0.15, 0.2) is 5.13 Å². The SMILES string of the molecule is CC(C)CNc1ncc(-c2cc(F)ccc2F)s1. The highest BCUT2D eigenvalue weighted by atomic mass is 32.1. The number of anilines is 1. The Morgan fingerprint density at radius 3 is 2.83 bits per heavy atom. The normalized spacial score (nSPS) is 10.9. The van der Waals surface area contributed by atoms with E-state index in [0.717, 1.165) is 23.8 Å². The van der Waals surface area contributed by atoms with Gasteiger partial charge in [0.2, 0.25) is 0 Å². The summed E-state index contributed by atoms with van der Waals surface area (Å²) in [6.45, 7) is 4.99. The minimum absolute atomic E-state index is 0.255. The van der Waals surface area contributed by atoms with Crippen molar-refractivity contribution < 1.29 is 8.78 Å². The zero-order valence-corrected chi connectivity index (χ0v) is 11.0. The summed E-state index contributed by atoms with van der Waals surface area (Å²) < 4.78 is 26.7. The largest absolute Gasteiger partial charge is 0.361 e. The fourth-order valence-electron chi connectivity index (χ4n) is 1.46. The smallest absolute Gasteiger partial charge is 0.183 e. The summed E-state index contributed by atoms with van der Waals surface area (Å²) in [5.41, 5.74) is 0.255. The molecular formula is C13H14F2N2S. The number of rotatable bonds is 4. The number of benzene rings is 1. The van der Waals surface area contributed by atoms with Crippen LogP contribution in [-0.2, 0) is 0 Å². The first-order valence-corrected chi connectivity index (χ1v) is 6.53. The molecule has 18 heavy (non-hydrogen) atoms. The van der Waals surface area contributed by atoms with Crippen molar-refractivity contribution in [3.63, 3.8) is 0 Å². The van der Waals surface area contributed by atoms with Gasteiger partial charge in [-0.05, 0) is 24.1 Å². The van der Waals surface area contributed by atoms with Crippen molar-refractivity contribution in [2.75, 3.05) is 11.9 Å². The predicted octanol–water partition coefficient (Wildman–Crippen LogP) is 4.16. The van der Waals surface area contributed by atoms with Crippen molar-refractivity contribution in [3.8, 4) is 10.4 Å². The van der Waals surface area contributed by atoms with Crippen LogP contribution in [0.5, 0.6) is 0 Å². The van der Waals surface area contributed by atoms with Crippen molar-refractivity contribution in [3.05, 3.63) is 36.0 Å². The zero-order chi connectivity index (χ0) is 13.1. The molecule has 0 aliphatic rings. The molecule has 96 valence electrons. The number of aromatic nitrogens is 1. The van der Waals surface area contributed by atoms with Crippen LogP contribution in [0.15, 0.2) is 24.4 Å². The van der Waals surface area contributed by atoms with Crippen LogP contribution in [0.2, 0.25) is 0 Å². The lowest BCUT2D eigenvalue weighted by Crippen LogP contribution is -2.07. The molecule has 2 nitrogen and oxygen atoms in total. The first-order valence-electron chi connectivity index (χ1n) is 5.71. The third kappa shape index (κ3) is 3.04. The Hall–Kier alpha value is -1.49. The van der Waals surface area contributed by atoms with Crippen LogP contribution >= 0.6 is 11.3 Å². The number of nitrogens with zero attached hydrogens (tertiary/aromatic N) is 1. The molecule has 0 saturated heterocycles. The Kier molecular flexibility index (Phi) is 3.91. The van der Waals surface area contributed by atoms with Crippen LogP contribution in [0.3, 0.4) is 0 Å². The summed E-state index contributed by atoms with van der Waals surface area (Å²) in [6, 6.07) is 3.43. The average Bonchev–Trinajstić information content (AvgIpc) is 2.78. The molecule has 0 amide bonds. The van der Waals surface area contributed by atoms with Crippen molar-refractivity contribution in [1.29, 1.82) is 0 Å². The summed E-state index contributed by atoms with van der Waals surface area (Å²) in [7, 11) is 0. The lowest BCUT2D eigenvalue weighted by Gasteiger charge is -2.04. The van der Waals surface area contributed by atoms with E-state index in [9.17, 15) is 8.78 Å². The first-order chi connectivity index (χ1) is 8.56. The number of halogens is 2. The molecule has 2 rings (SSSR count). The maximum atomic E-state index is 13.6. The number of thiazole rings is 1. The van der Waals surface area contributed by atoms with E-state index in [0.29, 0.717) is 10.8 Å². The lowest BCUT2D eigenvalue weighted by atomic mass is 10.2. The van der Waals surface area contributed by atoms with Crippen molar-refractivity contribution >= 4 is 16.5 Å². The van der Waals surface area contributed by atoms with E-state index in [1.54, 1.807) is 6.20 Å². The predicted molar refractivity (Wildman–Crippen MR) is 70.8 cm³/mol. The van der Waals surface area contributed by atoms with Crippen LogP contribution in [0.4, 0.5) is 13.9 Å². The van der Waals surface area contributed by atoms with E-state index in [2.05, 4.69) is 24.1 Å². The third-order valence-corrected chi connectivity index (χ3v) is 3.35. The highest BCUT2D eigenvalue weighted by molar-refractivity contribution is 7.18. The molecule has 0 fully saturated rings.